The Labute approximate surface area is 116 Å². The molecule has 0 aliphatic heterocycles. The first-order valence-electron chi connectivity index (χ1n) is 6.64. The van der Waals surface area contributed by atoms with Crippen LogP contribution in [0.25, 0.3) is 10.9 Å². The van der Waals surface area contributed by atoms with Crippen molar-refractivity contribution in [2.75, 3.05) is 0 Å². The third-order valence-corrected chi connectivity index (χ3v) is 4.89. The minimum atomic E-state index is -0.109. The first-order valence-corrected chi connectivity index (χ1v) is 7.43. The Morgan fingerprint density at radius 1 is 1.22 bits per heavy atom. The van der Waals surface area contributed by atoms with E-state index in [0.29, 0.717) is 0 Å². The maximum Gasteiger partial charge on any atom is 0.0489 e. The molecule has 96 valence electrons. The molecule has 1 aromatic carbocycles. The second-order valence-corrected chi connectivity index (χ2v) is 6.39. The molecule has 0 spiro atoms. The fourth-order valence-electron chi connectivity index (χ4n) is 3.13. The van der Waals surface area contributed by atoms with E-state index in [4.69, 9.17) is 5.73 Å². The highest BCUT2D eigenvalue weighted by atomic mass is 79.9. The zero-order chi connectivity index (χ0) is 12.8. The molecule has 0 bridgehead atoms. The van der Waals surface area contributed by atoms with E-state index in [9.17, 15) is 0 Å². The molecule has 2 nitrogen and oxygen atoms in total. The van der Waals surface area contributed by atoms with Crippen molar-refractivity contribution in [2.45, 2.75) is 37.6 Å². The van der Waals surface area contributed by atoms with Crippen molar-refractivity contribution in [2.24, 2.45) is 12.8 Å². The summed E-state index contributed by atoms with van der Waals surface area (Å²) in [4.78, 5) is 0. The summed E-state index contributed by atoms with van der Waals surface area (Å²) in [6, 6.07) is 6.67. The van der Waals surface area contributed by atoms with Crippen LogP contribution < -0.4 is 5.73 Å². The van der Waals surface area contributed by atoms with Gasteiger partial charge in [-0.2, -0.15) is 0 Å². The number of hydrogen-bond donors (Lipinski definition) is 1. The molecule has 1 aromatic heterocycles. The maximum atomic E-state index is 6.61. The van der Waals surface area contributed by atoms with E-state index in [1.807, 2.05) is 0 Å². The van der Waals surface area contributed by atoms with Crippen LogP contribution in [-0.2, 0) is 12.6 Å². The predicted molar refractivity (Wildman–Crippen MR) is 79.6 cm³/mol. The average molecular weight is 307 g/mol. The summed E-state index contributed by atoms with van der Waals surface area (Å²) in [5, 5.41) is 1.27. The van der Waals surface area contributed by atoms with Crippen molar-refractivity contribution in [3.8, 4) is 0 Å². The van der Waals surface area contributed by atoms with Crippen LogP contribution in [0.1, 0.15) is 37.7 Å². The minimum Gasteiger partial charge on any atom is -0.349 e. The molecule has 1 aliphatic rings. The molecule has 1 fully saturated rings. The van der Waals surface area contributed by atoms with Crippen LogP contribution in [0.3, 0.4) is 0 Å². The van der Waals surface area contributed by atoms with Gasteiger partial charge in [-0.1, -0.05) is 25.3 Å². The van der Waals surface area contributed by atoms with Crippen molar-refractivity contribution in [1.29, 1.82) is 0 Å². The lowest BCUT2D eigenvalue weighted by atomic mass is 9.77. The van der Waals surface area contributed by atoms with E-state index in [-0.39, 0.29) is 5.54 Å². The van der Waals surface area contributed by atoms with Crippen molar-refractivity contribution in [3.05, 3.63) is 34.4 Å². The summed E-state index contributed by atoms with van der Waals surface area (Å²) in [6.45, 7) is 0. The van der Waals surface area contributed by atoms with Gasteiger partial charge in [0.15, 0.2) is 0 Å². The van der Waals surface area contributed by atoms with E-state index in [2.05, 4.69) is 51.9 Å². The molecule has 1 saturated carbocycles. The highest BCUT2D eigenvalue weighted by Gasteiger charge is 2.29. The van der Waals surface area contributed by atoms with Gasteiger partial charge in [-0.3, -0.25) is 0 Å². The Bertz CT molecular complexity index is 579. The fourth-order valence-corrected chi connectivity index (χ4v) is 3.75. The fraction of sp³-hybridized carbons (Fsp3) is 0.467. The van der Waals surface area contributed by atoms with Gasteiger partial charge >= 0.3 is 0 Å². The zero-order valence-electron chi connectivity index (χ0n) is 10.7. The summed E-state index contributed by atoms with van der Waals surface area (Å²) >= 11 is 3.63. The normalized spacial score (nSPS) is 19.3. The van der Waals surface area contributed by atoms with Crippen LogP contribution in [0.2, 0.25) is 0 Å². The number of nitrogens with two attached hydrogens (primary N) is 1. The summed E-state index contributed by atoms with van der Waals surface area (Å²) in [6.07, 6.45) is 8.18. The van der Waals surface area contributed by atoms with E-state index in [0.717, 1.165) is 17.3 Å². The lowest BCUT2D eigenvalue weighted by Gasteiger charge is -2.34. The number of aromatic nitrogens is 1. The number of benzene rings is 1. The molecule has 2 aromatic rings. The number of nitrogens with zero attached hydrogens (tertiary/aromatic N) is 1. The van der Waals surface area contributed by atoms with E-state index < -0.39 is 0 Å². The molecule has 1 aliphatic carbocycles. The van der Waals surface area contributed by atoms with Gasteiger partial charge < -0.3 is 10.3 Å². The minimum absolute atomic E-state index is 0.109. The zero-order valence-corrected chi connectivity index (χ0v) is 12.3. The molecule has 2 N–H and O–H groups in total. The largest absolute Gasteiger partial charge is 0.349 e. The summed E-state index contributed by atoms with van der Waals surface area (Å²) < 4.78 is 3.30. The molecule has 0 amide bonds. The van der Waals surface area contributed by atoms with Gasteiger partial charge in [0.05, 0.1) is 0 Å². The smallest absolute Gasteiger partial charge is 0.0489 e. The molecule has 0 unspecified atom stereocenters. The molecular formula is C15H19BrN2. The van der Waals surface area contributed by atoms with Crippen LogP contribution in [0, 0.1) is 0 Å². The van der Waals surface area contributed by atoms with Crippen molar-refractivity contribution >= 4 is 26.8 Å². The number of rotatable bonds is 1. The summed E-state index contributed by atoms with van der Waals surface area (Å²) in [5.74, 6) is 0. The van der Waals surface area contributed by atoms with E-state index in [1.165, 1.54) is 35.7 Å². The van der Waals surface area contributed by atoms with Gasteiger partial charge in [0, 0.05) is 34.2 Å². The lowest BCUT2D eigenvalue weighted by molar-refractivity contribution is 0.302. The standard InChI is InChI=1S/C15H19BrN2/c1-18-10-13(16)12-9-11(5-6-14(12)18)15(17)7-3-2-4-8-15/h5-6,9-10H,2-4,7-8,17H2,1H3. The molecule has 3 rings (SSSR count). The summed E-state index contributed by atoms with van der Waals surface area (Å²) in [7, 11) is 2.07. The second-order valence-electron chi connectivity index (χ2n) is 5.54. The van der Waals surface area contributed by atoms with Gasteiger partial charge in [-0.05, 0) is 46.5 Å². The van der Waals surface area contributed by atoms with Gasteiger partial charge in [-0.15, -0.1) is 0 Å². The van der Waals surface area contributed by atoms with Crippen molar-refractivity contribution in [1.82, 2.24) is 4.57 Å². The third-order valence-electron chi connectivity index (χ3n) is 4.26. The Balaban J connectivity index is 2.10. The van der Waals surface area contributed by atoms with Gasteiger partial charge in [0.25, 0.3) is 0 Å². The van der Waals surface area contributed by atoms with E-state index in [1.54, 1.807) is 0 Å². The average Bonchev–Trinajstić information content (AvgIpc) is 2.66. The van der Waals surface area contributed by atoms with Crippen LogP contribution in [-0.4, -0.2) is 4.57 Å². The molecule has 0 atom stereocenters. The highest BCUT2D eigenvalue weighted by Crippen LogP contribution is 2.37. The summed E-state index contributed by atoms with van der Waals surface area (Å²) in [5.41, 5.74) is 9.04. The Hall–Kier alpha value is -0.800. The van der Waals surface area contributed by atoms with Crippen molar-refractivity contribution in [3.63, 3.8) is 0 Å². The number of halogens is 1. The number of fused-ring (bicyclic) bond motifs is 1. The topological polar surface area (TPSA) is 30.9 Å². The van der Waals surface area contributed by atoms with E-state index >= 15 is 0 Å². The molecule has 18 heavy (non-hydrogen) atoms. The molecule has 0 saturated heterocycles. The first kappa shape index (κ1) is 12.2. The Morgan fingerprint density at radius 3 is 2.67 bits per heavy atom. The molecule has 1 heterocycles. The Kier molecular flexibility index (Phi) is 2.99. The molecule has 0 radical (unpaired) electrons. The van der Waals surface area contributed by atoms with Gasteiger partial charge in [0.2, 0.25) is 0 Å². The molecule has 3 heteroatoms. The van der Waals surface area contributed by atoms with Crippen LogP contribution >= 0.6 is 15.9 Å². The number of aryl methyl sites for hydroxylation is 1. The van der Waals surface area contributed by atoms with Gasteiger partial charge in [0.1, 0.15) is 0 Å². The van der Waals surface area contributed by atoms with Crippen LogP contribution in [0.15, 0.2) is 28.9 Å². The number of hydrogen-bond acceptors (Lipinski definition) is 1. The van der Waals surface area contributed by atoms with Gasteiger partial charge in [-0.25, -0.2) is 0 Å². The highest BCUT2D eigenvalue weighted by molar-refractivity contribution is 9.10. The SMILES string of the molecule is Cn1cc(Br)c2cc(C3(N)CCCCC3)ccc21. The maximum absolute atomic E-state index is 6.61. The monoisotopic (exact) mass is 306 g/mol. The first-order chi connectivity index (χ1) is 8.60. The Morgan fingerprint density at radius 2 is 1.94 bits per heavy atom. The quantitative estimate of drug-likeness (QED) is 0.846. The van der Waals surface area contributed by atoms with Crippen LogP contribution in [0.5, 0.6) is 0 Å². The van der Waals surface area contributed by atoms with Crippen molar-refractivity contribution < 1.29 is 0 Å². The molecular weight excluding hydrogens is 288 g/mol. The predicted octanol–water partition coefficient (Wildman–Crippen LogP) is 4.06. The second kappa shape index (κ2) is 4.39. The van der Waals surface area contributed by atoms with Crippen LogP contribution in [0.4, 0.5) is 0 Å². The third kappa shape index (κ3) is 1.90. The lowest BCUT2D eigenvalue weighted by Crippen LogP contribution is -2.38.